The molecule has 0 fully saturated rings. The second-order valence-corrected chi connectivity index (χ2v) is 13.3. The highest BCUT2D eigenvalue weighted by atomic mass is 35.5. The maximum Gasteiger partial charge on any atom is 0.0786 e. The number of nitrogens with zero attached hydrogens (tertiary/aromatic N) is 1. The first-order valence-corrected chi connectivity index (χ1v) is 19.4. The summed E-state index contributed by atoms with van der Waals surface area (Å²) in [7, 11) is 0. The molecule has 0 aromatic carbocycles. The van der Waals surface area contributed by atoms with Gasteiger partial charge in [0.2, 0.25) is 0 Å². The molecule has 0 aliphatic rings. The third kappa shape index (κ3) is 31.2. The van der Waals surface area contributed by atoms with Gasteiger partial charge in [0.25, 0.3) is 0 Å². The van der Waals surface area contributed by atoms with Crippen molar-refractivity contribution in [2.24, 2.45) is 0 Å². The zero-order valence-corrected chi connectivity index (χ0v) is 30.5. The van der Waals surface area contributed by atoms with Gasteiger partial charge < -0.3 is 16.9 Å². The summed E-state index contributed by atoms with van der Waals surface area (Å²) in [6, 6.07) is 0. The summed E-state index contributed by atoms with van der Waals surface area (Å²) < 4.78 is 1.37. The fraction of sp³-hybridized carbons (Fsp3) is 0.900. The normalized spacial score (nSPS) is 12.1. The summed E-state index contributed by atoms with van der Waals surface area (Å²) in [4.78, 5) is 0. The molecule has 0 aromatic rings. The molecule has 0 amide bonds. The van der Waals surface area contributed by atoms with Crippen molar-refractivity contribution in [1.82, 2.24) is 0 Å². The molecule has 0 unspecified atom stereocenters. The third-order valence-corrected chi connectivity index (χ3v) is 9.63. The lowest BCUT2D eigenvalue weighted by molar-refractivity contribution is -0.925. The van der Waals surface area contributed by atoms with Crippen LogP contribution in [-0.4, -0.2) is 30.7 Å². The summed E-state index contributed by atoms with van der Waals surface area (Å²) in [5.74, 6) is 0. The lowest BCUT2D eigenvalue weighted by atomic mass is 10.1. The molecule has 42 heavy (non-hydrogen) atoms. The van der Waals surface area contributed by atoms with E-state index in [-0.39, 0.29) is 12.4 Å². The van der Waals surface area contributed by atoms with Crippen molar-refractivity contribution in [3.8, 4) is 0 Å². The molecule has 0 rings (SSSR count). The molecule has 0 heterocycles. The number of allylic oxidation sites excluding steroid dienone is 4. The van der Waals surface area contributed by atoms with Crippen LogP contribution in [0.2, 0.25) is 0 Å². The zero-order valence-electron chi connectivity index (χ0n) is 29.8. The minimum atomic E-state index is 0. The molecule has 0 atom stereocenters. The molecular weight excluding hydrogens is 530 g/mol. The summed E-state index contributed by atoms with van der Waals surface area (Å²) in [5, 5.41) is 0. The minimum Gasteiger partial charge on any atom is -1.00 e. The van der Waals surface area contributed by atoms with Crippen LogP contribution >= 0.6 is 0 Å². The van der Waals surface area contributed by atoms with E-state index in [1.54, 1.807) is 0 Å². The molecule has 0 N–H and O–H groups in total. The van der Waals surface area contributed by atoms with Crippen LogP contribution in [0.5, 0.6) is 0 Å². The van der Waals surface area contributed by atoms with Gasteiger partial charge in [-0.1, -0.05) is 141 Å². The second-order valence-electron chi connectivity index (χ2n) is 13.3. The average Bonchev–Trinajstić information content (AvgIpc) is 2.99. The first-order valence-electron chi connectivity index (χ1n) is 19.4. The Bertz CT molecular complexity index is 492. The Kier molecular flexibility index (Phi) is 38.6. The predicted molar refractivity (Wildman–Crippen MR) is 190 cm³/mol. The van der Waals surface area contributed by atoms with Gasteiger partial charge in [0.05, 0.1) is 26.2 Å². The van der Waals surface area contributed by atoms with Crippen molar-refractivity contribution in [3.05, 3.63) is 24.3 Å². The summed E-state index contributed by atoms with van der Waals surface area (Å²) in [6.07, 6.45) is 49.2. The Hall–Kier alpha value is -0.270. The van der Waals surface area contributed by atoms with E-state index in [1.165, 1.54) is 210 Å². The van der Waals surface area contributed by atoms with E-state index in [2.05, 4.69) is 52.0 Å². The Morgan fingerprint density at radius 2 is 0.548 bits per heavy atom. The van der Waals surface area contributed by atoms with E-state index in [0.717, 1.165) is 0 Å². The average molecular weight is 611 g/mol. The van der Waals surface area contributed by atoms with Gasteiger partial charge in [0.15, 0.2) is 0 Å². The molecular formula is C40H80ClN. The van der Waals surface area contributed by atoms with E-state index in [1.807, 2.05) is 0 Å². The van der Waals surface area contributed by atoms with Crippen LogP contribution in [0.25, 0.3) is 0 Å². The van der Waals surface area contributed by atoms with Crippen LogP contribution in [0, 0.1) is 0 Å². The van der Waals surface area contributed by atoms with Gasteiger partial charge in [-0.3, -0.25) is 0 Å². The van der Waals surface area contributed by atoms with Crippen LogP contribution in [0.4, 0.5) is 0 Å². The summed E-state index contributed by atoms with van der Waals surface area (Å²) in [5.41, 5.74) is 0. The topological polar surface area (TPSA) is 0 Å². The van der Waals surface area contributed by atoms with E-state index < -0.39 is 0 Å². The Balaban J connectivity index is 0. The standard InChI is InChI=1S/C40H80N.ClH/c1-5-9-11-13-15-17-19-21-23-25-27-29-31-33-35-37-39-41(7-3,8-4)40-38-36-34-32-30-28-26-24-22-20-18-16-14-12-10-6-2;/h21-24H,5-20,25-40H2,1-4H3;1H/q+1;/p-1/b23-21-,24-22-;. The highest BCUT2D eigenvalue weighted by Crippen LogP contribution is 2.16. The van der Waals surface area contributed by atoms with Crippen LogP contribution in [0.15, 0.2) is 24.3 Å². The van der Waals surface area contributed by atoms with Crippen molar-refractivity contribution in [2.45, 2.75) is 207 Å². The van der Waals surface area contributed by atoms with Crippen molar-refractivity contribution < 1.29 is 16.9 Å². The van der Waals surface area contributed by atoms with Crippen molar-refractivity contribution >= 4 is 0 Å². The van der Waals surface area contributed by atoms with Gasteiger partial charge in [0, 0.05) is 0 Å². The number of rotatable bonds is 34. The number of quaternary nitrogens is 1. The lowest BCUT2D eigenvalue weighted by Crippen LogP contribution is -3.00. The molecule has 0 aliphatic carbocycles. The Labute approximate surface area is 274 Å². The summed E-state index contributed by atoms with van der Waals surface area (Å²) in [6.45, 7) is 14.9. The van der Waals surface area contributed by atoms with Gasteiger partial charge in [0.1, 0.15) is 0 Å². The zero-order chi connectivity index (χ0) is 30.0. The van der Waals surface area contributed by atoms with Crippen molar-refractivity contribution in [3.63, 3.8) is 0 Å². The lowest BCUT2D eigenvalue weighted by Gasteiger charge is -2.37. The molecule has 0 saturated heterocycles. The van der Waals surface area contributed by atoms with Crippen molar-refractivity contribution in [1.29, 1.82) is 0 Å². The SMILES string of the molecule is CCCCCCCC/C=C\CCCCCCCC[N+](CC)(CC)CCCCCCCC/C=C\CCCCCCCC.[Cl-]. The Morgan fingerprint density at radius 3 is 0.810 bits per heavy atom. The van der Waals surface area contributed by atoms with Gasteiger partial charge in [-0.2, -0.15) is 0 Å². The van der Waals surface area contributed by atoms with E-state index >= 15 is 0 Å². The molecule has 2 heteroatoms. The Morgan fingerprint density at radius 1 is 0.310 bits per heavy atom. The van der Waals surface area contributed by atoms with E-state index in [4.69, 9.17) is 0 Å². The van der Waals surface area contributed by atoms with E-state index in [9.17, 15) is 0 Å². The number of unbranched alkanes of at least 4 members (excludes halogenated alkanes) is 24. The minimum absolute atomic E-state index is 0. The molecule has 0 bridgehead atoms. The first kappa shape index (κ1) is 43.9. The van der Waals surface area contributed by atoms with Gasteiger partial charge in [-0.15, -0.1) is 0 Å². The number of hydrogen-bond acceptors (Lipinski definition) is 0. The molecule has 1 nitrogen and oxygen atoms in total. The highest BCUT2D eigenvalue weighted by molar-refractivity contribution is 4.82. The summed E-state index contributed by atoms with van der Waals surface area (Å²) >= 11 is 0. The quantitative estimate of drug-likeness (QED) is 0.0386. The highest BCUT2D eigenvalue weighted by Gasteiger charge is 2.21. The molecule has 0 spiro atoms. The van der Waals surface area contributed by atoms with E-state index in [0.29, 0.717) is 0 Å². The maximum absolute atomic E-state index is 2.45. The van der Waals surface area contributed by atoms with Crippen molar-refractivity contribution in [2.75, 3.05) is 26.2 Å². The molecule has 0 aromatic heterocycles. The molecule has 0 aliphatic heterocycles. The molecule has 252 valence electrons. The van der Waals surface area contributed by atoms with Crippen LogP contribution in [-0.2, 0) is 0 Å². The molecule has 0 radical (unpaired) electrons. The number of halogens is 1. The van der Waals surface area contributed by atoms with Crippen LogP contribution in [0.3, 0.4) is 0 Å². The first-order chi connectivity index (χ1) is 20.2. The monoisotopic (exact) mass is 610 g/mol. The van der Waals surface area contributed by atoms with Gasteiger partial charge in [-0.05, 0) is 90.9 Å². The van der Waals surface area contributed by atoms with Gasteiger partial charge in [-0.25, -0.2) is 0 Å². The van der Waals surface area contributed by atoms with Crippen LogP contribution in [0.1, 0.15) is 207 Å². The van der Waals surface area contributed by atoms with Gasteiger partial charge >= 0.3 is 0 Å². The van der Waals surface area contributed by atoms with Crippen LogP contribution < -0.4 is 12.4 Å². The third-order valence-electron chi connectivity index (χ3n) is 9.63. The smallest absolute Gasteiger partial charge is 0.0786 e. The fourth-order valence-electron chi connectivity index (χ4n) is 6.36. The largest absolute Gasteiger partial charge is 1.00 e. The fourth-order valence-corrected chi connectivity index (χ4v) is 6.36. The second kappa shape index (κ2) is 36.9. The molecule has 0 saturated carbocycles. The number of hydrogen-bond donors (Lipinski definition) is 0. The predicted octanol–water partition coefficient (Wildman–Crippen LogP) is 10.9. The maximum atomic E-state index is 2.45.